The van der Waals surface area contributed by atoms with Gasteiger partial charge in [-0.25, -0.2) is 0 Å². The molecule has 0 radical (unpaired) electrons. The quantitative estimate of drug-likeness (QED) is 0.528. The number of nitro groups is 1. The molecular weight excluding hydrogens is 270 g/mol. The second-order valence-electron chi connectivity index (χ2n) is 3.72. The molecule has 2 aromatic rings. The zero-order valence-corrected chi connectivity index (χ0v) is 10.3. The van der Waals surface area contributed by atoms with Crippen LogP contribution in [0.3, 0.4) is 0 Å². The molecule has 0 atom stereocenters. The summed E-state index contributed by atoms with van der Waals surface area (Å²) in [6.07, 6.45) is 2.77. The average molecular weight is 278 g/mol. The molecular formula is C12H8ClN3O3. The summed E-state index contributed by atoms with van der Waals surface area (Å²) in [6.45, 7) is 0. The van der Waals surface area contributed by atoms with Gasteiger partial charge in [-0.05, 0) is 18.2 Å². The van der Waals surface area contributed by atoms with Gasteiger partial charge in [0.1, 0.15) is 5.02 Å². The van der Waals surface area contributed by atoms with Crippen LogP contribution < -0.4 is 5.73 Å². The number of nitro benzene ring substituents is 1. The number of pyridine rings is 1. The van der Waals surface area contributed by atoms with E-state index in [2.05, 4.69) is 4.98 Å². The summed E-state index contributed by atoms with van der Waals surface area (Å²) in [5.74, 6) is -0.417. The van der Waals surface area contributed by atoms with Crippen molar-refractivity contribution in [3.05, 3.63) is 62.9 Å². The van der Waals surface area contributed by atoms with Crippen LogP contribution in [0.15, 0.2) is 36.7 Å². The van der Waals surface area contributed by atoms with Crippen molar-refractivity contribution in [2.45, 2.75) is 0 Å². The molecule has 19 heavy (non-hydrogen) atoms. The fourth-order valence-electron chi connectivity index (χ4n) is 1.56. The molecule has 0 amide bonds. The van der Waals surface area contributed by atoms with E-state index in [-0.39, 0.29) is 27.5 Å². The normalized spacial score (nSPS) is 10.2. The zero-order valence-electron chi connectivity index (χ0n) is 9.54. The number of nitrogens with two attached hydrogens (primary N) is 1. The highest BCUT2D eigenvalue weighted by Gasteiger charge is 2.18. The molecule has 0 fully saturated rings. The summed E-state index contributed by atoms with van der Waals surface area (Å²) in [7, 11) is 0. The van der Waals surface area contributed by atoms with Crippen molar-refractivity contribution < 1.29 is 9.72 Å². The molecule has 7 heteroatoms. The number of rotatable bonds is 3. The average Bonchev–Trinajstić information content (AvgIpc) is 2.38. The Morgan fingerprint density at radius 1 is 1.37 bits per heavy atom. The molecule has 1 aromatic carbocycles. The Bertz CT molecular complexity index is 673. The van der Waals surface area contributed by atoms with Crippen molar-refractivity contribution in [2.24, 2.45) is 0 Å². The smallest absolute Gasteiger partial charge is 0.288 e. The Kier molecular flexibility index (Phi) is 3.43. The van der Waals surface area contributed by atoms with Crippen molar-refractivity contribution in [1.82, 2.24) is 4.98 Å². The van der Waals surface area contributed by atoms with Crippen molar-refractivity contribution in [1.29, 1.82) is 0 Å². The lowest BCUT2D eigenvalue weighted by Crippen LogP contribution is -2.06. The Balaban J connectivity index is 2.49. The SMILES string of the molecule is Nc1cnccc1C(=O)c1ccc(Cl)c([N+](=O)[O-])c1. The summed E-state index contributed by atoms with van der Waals surface area (Å²) in [4.78, 5) is 26.1. The number of hydrogen-bond donors (Lipinski definition) is 1. The van der Waals surface area contributed by atoms with Gasteiger partial charge in [-0.1, -0.05) is 11.6 Å². The van der Waals surface area contributed by atoms with Crippen LogP contribution in [0.4, 0.5) is 11.4 Å². The standard InChI is InChI=1S/C12H8ClN3O3/c13-9-2-1-7(5-11(9)16(18)19)12(17)8-3-4-15-6-10(8)14/h1-6H,14H2. The van der Waals surface area contributed by atoms with Gasteiger partial charge in [0.25, 0.3) is 5.69 Å². The van der Waals surface area contributed by atoms with Crippen LogP contribution in [-0.2, 0) is 0 Å². The van der Waals surface area contributed by atoms with Crippen molar-refractivity contribution in [3.8, 4) is 0 Å². The Morgan fingerprint density at radius 2 is 2.11 bits per heavy atom. The lowest BCUT2D eigenvalue weighted by molar-refractivity contribution is -0.384. The Hall–Kier alpha value is -2.47. The van der Waals surface area contributed by atoms with E-state index >= 15 is 0 Å². The van der Waals surface area contributed by atoms with E-state index in [1.165, 1.54) is 30.6 Å². The van der Waals surface area contributed by atoms with Crippen molar-refractivity contribution in [3.63, 3.8) is 0 Å². The predicted molar refractivity (Wildman–Crippen MR) is 70.2 cm³/mol. The van der Waals surface area contributed by atoms with Gasteiger partial charge in [0, 0.05) is 23.4 Å². The van der Waals surface area contributed by atoms with Crippen LogP contribution in [0.5, 0.6) is 0 Å². The lowest BCUT2D eigenvalue weighted by Gasteiger charge is -2.04. The maximum absolute atomic E-state index is 12.2. The van der Waals surface area contributed by atoms with Gasteiger partial charge in [0.15, 0.2) is 5.78 Å². The number of carbonyl (C=O) groups is 1. The molecule has 2 rings (SSSR count). The van der Waals surface area contributed by atoms with E-state index in [0.717, 1.165) is 6.07 Å². The molecule has 96 valence electrons. The molecule has 0 aliphatic rings. The fourth-order valence-corrected chi connectivity index (χ4v) is 1.75. The summed E-state index contributed by atoms with van der Waals surface area (Å²) >= 11 is 5.69. The molecule has 0 aliphatic heterocycles. The van der Waals surface area contributed by atoms with Gasteiger partial charge in [-0.3, -0.25) is 19.9 Å². The topological polar surface area (TPSA) is 99.1 Å². The fraction of sp³-hybridized carbons (Fsp3) is 0. The molecule has 0 saturated carbocycles. The largest absolute Gasteiger partial charge is 0.397 e. The summed E-state index contributed by atoms with van der Waals surface area (Å²) in [5, 5.41) is 10.8. The predicted octanol–water partition coefficient (Wildman–Crippen LogP) is 2.46. The molecule has 1 heterocycles. The number of aromatic nitrogens is 1. The first-order chi connectivity index (χ1) is 9.00. The molecule has 0 unspecified atom stereocenters. The molecule has 0 aliphatic carbocycles. The number of nitrogens with zero attached hydrogens (tertiary/aromatic N) is 2. The minimum atomic E-state index is -0.644. The number of halogens is 1. The molecule has 0 bridgehead atoms. The van der Waals surface area contributed by atoms with E-state index in [1.807, 2.05) is 0 Å². The molecule has 1 aromatic heterocycles. The number of hydrogen-bond acceptors (Lipinski definition) is 5. The van der Waals surface area contributed by atoms with Crippen LogP contribution in [0, 0.1) is 10.1 Å². The summed E-state index contributed by atoms with van der Waals surface area (Å²) in [5.41, 5.74) is 5.93. The first-order valence-corrected chi connectivity index (χ1v) is 5.56. The number of carbonyl (C=O) groups excluding carboxylic acids is 1. The number of anilines is 1. The minimum absolute atomic E-state index is 0.0238. The third-order valence-corrected chi connectivity index (χ3v) is 2.82. The zero-order chi connectivity index (χ0) is 14.0. The Morgan fingerprint density at radius 3 is 2.74 bits per heavy atom. The van der Waals surface area contributed by atoms with Crippen LogP contribution in [0.2, 0.25) is 5.02 Å². The number of benzene rings is 1. The molecule has 0 spiro atoms. The number of ketones is 1. The minimum Gasteiger partial charge on any atom is -0.397 e. The van der Waals surface area contributed by atoms with E-state index in [4.69, 9.17) is 17.3 Å². The Labute approximate surface area is 113 Å². The van der Waals surface area contributed by atoms with Crippen LogP contribution in [-0.4, -0.2) is 15.7 Å². The first kappa shape index (κ1) is 13.0. The molecule has 0 saturated heterocycles. The van der Waals surface area contributed by atoms with Crippen LogP contribution in [0.1, 0.15) is 15.9 Å². The molecule has 2 N–H and O–H groups in total. The summed E-state index contributed by atoms with van der Waals surface area (Å²) < 4.78 is 0. The summed E-state index contributed by atoms with van der Waals surface area (Å²) in [6, 6.07) is 5.31. The lowest BCUT2D eigenvalue weighted by atomic mass is 10.0. The van der Waals surface area contributed by atoms with Gasteiger partial charge >= 0.3 is 0 Å². The number of nitrogen functional groups attached to an aromatic ring is 1. The second-order valence-corrected chi connectivity index (χ2v) is 4.12. The monoisotopic (exact) mass is 277 g/mol. The van der Waals surface area contributed by atoms with Crippen molar-refractivity contribution >= 4 is 28.8 Å². The first-order valence-electron chi connectivity index (χ1n) is 5.19. The van der Waals surface area contributed by atoms with E-state index in [9.17, 15) is 14.9 Å². The maximum atomic E-state index is 12.2. The van der Waals surface area contributed by atoms with E-state index < -0.39 is 10.7 Å². The highest BCUT2D eigenvalue weighted by molar-refractivity contribution is 6.32. The van der Waals surface area contributed by atoms with Gasteiger partial charge in [-0.2, -0.15) is 0 Å². The van der Waals surface area contributed by atoms with Gasteiger partial charge in [-0.15, -0.1) is 0 Å². The highest BCUT2D eigenvalue weighted by atomic mass is 35.5. The second kappa shape index (κ2) is 5.03. The van der Waals surface area contributed by atoms with E-state index in [0.29, 0.717) is 0 Å². The van der Waals surface area contributed by atoms with Gasteiger partial charge in [0.2, 0.25) is 0 Å². The highest BCUT2D eigenvalue weighted by Crippen LogP contribution is 2.26. The van der Waals surface area contributed by atoms with Gasteiger partial charge in [0.05, 0.1) is 16.8 Å². The third kappa shape index (κ3) is 2.53. The van der Waals surface area contributed by atoms with Crippen LogP contribution in [0.25, 0.3) is 0 Å². The van der Waals surface area contributed by atoms with E-state index in [1.54, 1.807) is 0 Å². The maximum Gasteiger partial charge on any atom is 0.288 e. The van der Waals surface area contributed by atoms with Crippen molar-refractivity contribution in [2.75, 3.05) is 5.73 Å². The van der Waals surface area contributed by atoms with Crippen LogP contribution >= 0.6 is 11.6 Å². The molecule has 6 nitrogen and oxygen atoms in total. The third-order valence-electron chi connectivity index (χ3n) is 2.50. The van der Waals surface area contributed by atoms with Gasteiger partial charge < -0.3 is 5.73 Å².